The van der Waals surface area contributed by atoms with Crippen LogP contribution in [0.3, 0.4) is 0 Å². The van der Waals surface area contributed by atoms with Gasteiger partial charge < -0.3 is 5.11 Å². The summed E-state index contributed by atoms with van der Waals surface area (Å²) < 4.78 is 1.14. The van der Waals surface area contributed by atoms with Crippen LogP contribution < -0.4 is 0 Å². The molecule has 1 aromatic heterocycles. The van der Waals surface area contributed by atoms with Gasteiger partial charge >= 0.3 is 5.97 Å². The smallest absolute Gasteiger partial charge is 0.309 e. The zero-order chi connectivity index (χ0) is 14.2. The standard InChI is InChI=1S/C15H19NO2S/c1-9(2)10-6-5-7-11-13(10)16-12(19-11)8-15(3,4)14(17)18/h5-7,9H,8H2,1-4H3,(H,17,18). The number of rotatable bonds is 4. The number of thiazole rings is 1. The van der Waals surface area contributed by atoms with E-state index < -0.39 is 11.4 Å². The third-order valence-corrected chi connectivity index (χ3v) is 4.31. The normalized spacial score (nSPS) is 12.3. The molecule has 0 fully saturated rings. The molecule has 2 rings (SSSR count). The minimum absolute atomic E-state index is 0.422. The molecule has 0 radical (unpaired) electrons. The van der Waals surface area contributed by atoms with Gasteiger partial charge in [0, 0.05) is 6.42 Å². The first kappa shape index (κ1) is 14.0. The summed E-state index contributed by atoms with van der Waals surface area (Å²) in [5.41, 5.74) is 1.48. The first-order chi connectivity index (χ1) is 8.81. The summed E-state index contributed by atoms with van der Waals surface area (Å²) in [7, 11) is 0. The molecule has 2 aromatic rings. The first-order valence-corrected chi connectivity index (χ1v) is 7.24. The molecular weight excluding hydrogens is 258 g/mol. The molecule has 3 nitrogen and oxygen atoms in total. The Morgan fingerprint density at radius 3 is 2.68 bits per heavy atom. The van der Waals surface area contributed by atoms with Gasteiger partial charge in [-0.2, -0.15) is 0 Å². The fourth-order valence-corrected chi connectivity index (χ4v) is 3.24. The molecule has 0 saturated heterocycles. The van der Waals surface area contributed by atoms with E-state index >= 15 is 0 Å². The molecule has 19 heavy (non-hydrogen) atoms. The van der Waals surface area contributed by atoms with Crippen molar-refractivity contribution in [2.45, 2.75) is 40.0 Å². The molecule has 0 aliphatic heterocycles. The summed E-state index contributed by atoms with van der Waals surface area (Å²) in [5, 5.41) is 10.1. The van der Waals surface area contributed by atoms with Gasteiger partial charge in [0.25, 0.3) is 0 Å². The monoisotopic (exact) mass is 277 g/mol. The van der Waals surface area contributed by atoms with Crippen molar-refractivity contribution < 1.29 is 9.90 Å². The maximum Gasteiger partial charge on any atom is 0.309 e. The molecule has 1 N–H and O–H groups in total. The molecule has 1 heterocycles. The van der Waals surface area contributed by atoms with Crippen LogP contribution in [-0.4, -0.2) is 16.1 Å². The second kappa shape index (κ2) is 4.93. The Bertz CT molecular complexity index is 614. The average molecular weight is 277 g/mol. The van der Waals surface area contributed by atoms with Crippen molar-refractivity contribution in [3.05, 3.63) is 28.8 Å². The zero-order valence-corrected chi connectivity index (χ0v) is 12.5. The van der Waals surface area contributed by atoms with Crippen molar-refractivity contribution in [1.29, 1.82) is 0 Å². The van der Waals surface area contributed by atoms with Crippen LogP contribution in [0.4, 0.5) is 0 Å². The number of para-hydroxylation sites is 1. The number of aliphatic carboxylic acids is 1. The van der Waals surface area contributed by atoms with Crippen molar-refractivity contribution in [2.75, 3.05) is 0 Å². The lowest BCUT2D eigenvalue weighted by atomic mass is 9.90. The van der Waals surface area contributed by atoms with Crippen molar-refractivity contribution in [1.82, 2.24) is 4.98 Å². The van der Waals surface area contributed by atoms with Gasteiger partial charge in [0.05, 0.1) is 20.6 Å². The Morgan fingerprint density at radius 1 is 1.42 bits per heavy atom. The van der Waals surface area contributed by atoms with E-state index in [0.29, 0.717) is 12.3 Å². The topological polar surface area (TPSA) is 50.2 Å². The molecule has 0 saturated carbocycles. The zero-order valence-electron chi connectivity index (χ0n) is 11.7. The van der Waals surface area contributed by atoms with E-state index in [1.807, 2.05) is 6.07 Å². The van der Waals surface area contributed by atoms with Crippen LogP contribution in [0.5, 0.6) is 0 Å². The second-order valence-corrected chi connectivity index (χ2v) is 6.94. The highest BCUT2D eigenvalue weighted by molar-refractivity contribution is 7.18. The lowest BCUT2D eigenvalue weighted by Gasteiger charge is -2.16. The second-order valence-electron chi connectivity index (χ2n) is 5.82. The molecule has 0 unspecified atom stereocenters. The Morgan fingerprint density at radius 2 is 2.11 bits per heavy atom. The van der Waals surface area contributed by atoms with Gasteiger partial charge in [-0.15, -0.1) is 11.3 Å². The Balaban J connectivity index is 2.42. The van der Waals surface area contributed by atoms with Crippen molar-refractivity contribution in [3.63, 3.8) is 0 Å². The van der Waals surface area contributed by atoms with Gasteiger partial charge in [-0.3, -0.25) is 4.79 Å². The highest BCUT2D eigenvalue weighted by atomic mass is 32.1. The van der Waals surface area contributed by atoms with Crippen LogP contribution in [0.2, 0.25) is 0 Å². The summed E-state index contributed by atoms with van der Waals surface area (Å²) in [5.74, 6) is -0.359. The number of carbonyl (C=O) groups is 1. The Labute approximate surface area is 117 Å². The van der Waals surface area contributed by atoms with Gasteiger partial charge in [-0.1, -0.05) is 26.0 Å². The molecule has 0 bridgehead atoms. The Kier molecular flexibility index (Phi) is 3.63. The highest BCUT2D eigenvalue weighted by Gasteiger charge is 2.29. The van der Waals surface area contributed by atoms with Crippen molar-refractivity contribution in [2.24, 2.45) is 5.41 Å². The van der Waals surface area contributed by atoms with Gasteiger partial charge in [0.15, 0.2) is 0 Å². The number of benzene rings is 1. The lowest BCUT2D eigenvalue weighted by Crippen LogP contribution is -2.26. The fraction of sp³-hybridized carbons (Fsp3) is 0.467. The number of hydrogen-bond donors (Lipinski definition) is 1. The minimum Gasteiger partial charge on any atom is -0.481 e. The van der Waals surface area contributed by atoms with E-state index in [-0.39, 0.29) is 0 Å². The summed E-state index contributed by atoms with van der Waals surface area (Å²) >= 11 is 1.60. The number of nitrogens with zero attached hydrogens (tertiary/aromatic N) is 1. The van der Waals surface area contributed by atoms with Gasteiger partial charge in [0.2, 0.25) is 0 Å². The van der Waals surface area contributed by atoms with Crippen LogP contribution in [0.15, 0.2) is 18.2 Å². The molecule has 1 aromatic carbocycles. The quantitative estimate of drug-likeness (QED) is 0.916. The molecule has 4 heteroatoms. The fourth-order valence-electron chi connectivity index (χ4n) is 2.01. The molecular formula is C15H19NO2S. The van der Waals surface area contributed by atoms with Gasteiger partial charge in [-0.05, 0) is 31.4 Å². The third-order valence-electron chi connectivity index (χ3n) is 3.29. The van der Waals surface area contributed by atoms with Crippen molar-refractivity contribution >= 4 is 27.5 Å². The molecule has 0 aliphatic rings. The van der Waals surface area contributed by atoms with Crippen LogP contribution in [-0.2, 0) is 11.2 Å². The van der Waals surface area contributed by atoms with Crippen LogP contribution in [0.25, 0.3) is 10.2 Å². The summed E-state index contributed by atoms with van der Waals surface area (Å²) in [6.07, 6.45) is 0.471. The van der Waals surface area contributed by atoms with Gasteiger partial charge in [-0.25, -0.2) is 4.98 Å². The summed E-state index contributed by atoms with van der Waals surface area (Å²) in [6, 6.07) is 6.19. The number of fused-ring (bicyclic) bond motifs is 1. The average Bonchev–Trinajstić information content (AvgIpc) is 2.69. The van der Waals surface area contributed by atoms with E-state index in [1.54, 1.807) is 25.2 Å². The molecule has 102 valence electrons. The van der Waals surface area contributed by atoms with Crippen LogP contribution in [0, 0.1) is 5.41 Å². The summed E-state index contributed by atoms with van der Waals surface area (Å²) in [4.78, 5) is 15.8. The number of carboxylic acids is 1. The highest BCUT2D eigenvalue weighted by Crippen LogP contribution is 2.32. The number of carboxylic acid groups (broad SMARTS) is 1. The van der Waals surface area contributed by atoms with E-state index in [9.17, 15) is 9.90 Å². The van der Waals surface area contributed by atoms with E-state index in [2.05, 4.69) is 31.0 Å². The van der Waals surface area contributed by atoms with Gasteiger partial charge in [0.1, 0.15) is 0 Å². The predicted octanol–water partition coefficient (Wildman–Crippen LogP) is 4.07. The maximum absolute atomic E-state index is 11.2. The van der Waals surface area contributed by atoms with Crippen LogP contribution in [0.1, 0.15) is 44.2 Å². The van der Waals surface area contributed by atoms with Crippen molar-refractivity contribution in [3.8, 4) is 0 Å². The minimum atomic E-state index is -0.782. The predicted molar refractivity (Wildman–Crippen MR) is 78.8 cm³/mol. The number of hydrogen-bond acceptors (Lipinski definition) is 3. The third kappa shape index (κ3) is 2.78. The van der Waals surface area contributed by atoms with E-state index in [0.717, 1.165) is 15.2 Å². The lowest BCUT2D eigenvalue weighted by molar-refractivity contribution is -0.146. The molecule has 0 amide bonds. The molecule has 0 aliphatic carbocycles. The number of aromatic nitrogens is 1. The largest absolute Gasteiger partial charge is 0.481 e. The van der Waals surface area contributed by atoms with E-state index in [1.165, 1.54) is 5.56 Å². The first-order valence-electron chi connectivity index (χ1n) is 6.43. The Hall–Kier alpha value is -1.42. The SMILES string of the molecule is CC(C)c1cccc2sc(CC(C)(C)C(=O)O)nc12. The molecule has 0 atom stereocenters. The molecule has 0 spiro atoms. The van der Waals surface area contributed by atoms with E-state index in [4.69, 9.17) is 0 Å². The maximum atomic E-state index is 11.2. The van der Waals surface area contributed by atoms with Crippen LogP contribution >= 0.6 is 11.3 Å². The summed E-state index contributed by atoms with van der Waals surface area (Å²) in [6.45, 7) is 7.78.